The van der Waals surface area contributed by atoms with Crippen molar-refractivity contribution < 1.29 is 9.59 Å². The fourth-order valence-electron chi connectivity index (χ4n) is 3.31. The molecular weight excluding hydrogens is 374 g/mol. The summed E-state index contributed by atoms with van der Waals surface area (Å²) in [4.78, 5) is 32.3. The molecule has 0 radical (unpaired) electrons. The van der Waals surface area contributed by atoms with Crippen molar-refractivity contribution in [2.75, 3.05) is 6.54 Å². The Labute approximate surface area is 177 Å². The van der Waals surface area contributed by atoms with E-state index in [0.717, 1.165) is 16.7 Å². The molecule has 0 aliphatic rings. The highest BCUT2D eigenvalue weighted by Gasteiger charge is 2.32. The van der Waals surface area contributed by atoms with Crippen LogP contribution in [0.3, 0.4) is 0 Å². The van der Waals surface area contributed by atoms with Crippen LogP contribution in [-0.4, -0.2) is 28.2 Å². The van der Waals surface area contributed by atoms with E-state index in [-0.39, 0.29) is 24.1 Å². The SMILES string of the molecule is C=CCN(C(=O)c1ccccn1)[C@@H](C(=O)NCc1ccccc1)c1ccccc1C. The lowest BCUT2D eigenvalue weighted by atomic mass is 9.98. The zero-order valence-corrected chi connectivity index (χ0v) is 17.0. The Bertz CT molecular complexity index is 1000. The van der Waals surface area contributed by atoms with Gasteiger partial charge < -0.3 is 10.2 Å². The number of hydrogen-bond acceptors (Lipinski definition) is 3. The van der Waals surface area contributed by atoms with E-state index < -0.39 is 6.04 Å². The van der Waals surface area contributed by atoms with Gasteiger partial charge in [0.1, 0.15) is 11.7 Å². The van der Waals surface area contributed by atoms with Crippen LogP contribution in [0.2, 0.25) is 0 Å². The number of carbonyl (C=O) groups is 2. The molecule has 1 heterocycles. The first-order chi connectivity index (χ1) is 14.6. The Morgan fingerprint density at radius 3 is 2.40 bits per heavy atom. The molecular formula is C25H25N3O2. The van der Waals surface area contributed by atoms with Gasteiger partial charge >= 0.3 is 0 Å². The summed E-state index contributed by atoms with van der Waals surface area (Å²) < 4.78 is 0. The molecule has 0 spiro atoms. The maximum atomic E-state index is 13.4. The number of carbonyl (C=O) groups excluding carboxylic acids is 2. The van der Waals surface area contributed by atoms with Crippen molar-refractivity contribution in [3.8, 4) is 0 Å². The Morgan fingerprint density at radius 2 is 1.73 bits per heavy atom. The average molecular weight is 399 g/mol. The first-order valence-corrected chi connectivity index (χ1v) is 9.82. The molecule has 1 aromatic heterocycles. The van der Waals surface area contributed by atoms with Crippen LogP contribution >= 0.6 is 0 Å². The molecule has 0 bridgehead atoms. The molecule has 0 saturated heterocycles. The summed E-state index contributed by atoms with van der Waals surface area (Å²) >= 11 is 0. The number of nitrogens with zero attached hydrogens (tertiary/aromatic N) is 2. The van der Waals surface area contributed by atoms with E-state index >= 15 is 0 Å². The van der Waals surface area contributed by atoms with E-state index in [0.29, 0.717) is 6.54 Å². The molecule has 0 saturated carbocycles. The summed E-state index contributed by atoms with van der Waals surface area (Å²) in [5.74, 6) is -0.571. The molecule has 152 valence electrons. The summed E-state index contributed by atoms with van der Waals surface area (Å²) in [5, 5.41) is 2.98. The summed E-state index contributed by atoms with van der Waals surface area (Å²) in [6.07, 6.45) is 3.19. The normalized spacial score (nSPS) is 11.4. The lowest BCUT2D eigenvalue weighted by Gasteiger charge is -2.31. The molecule has 0 aliphatic carbocycles. The number of pyridine rings is 1. The van der Waals surface area contributed by atoms with Crippen LogP contribution in [0.1, 0.15) is 33.2 Å². The van der Waals surface area contributed by atoms with Crippen molar-refractivity contribution in [3.63, 3.8) is 0 Å². The van der Waals surface area contributed by atoms with Crippen molar-refractivity contribution in [3.05, 3.63) is 114 Å². The smallest absolute Gasteiger partial charge is 0.273 e. The van der Waals surface area contributed by atoms with Crippen LogP contribution in [0.5, 0.6) is 0 Å². The fraction of sp³-hybridized carbons (Fsp3) is 0.160. The third-order valence-corrected chi connectivity index (χ3v) is 4.82. The molecule has 1 N–H and O–H groups in total. The maximum Gasteiger partial charge on any atom is 0.273 e. The zero-order chi connectivity index (χ0) is 21.3. The van der Waals surface area contributed by atoms with Crippen LogP contribution in [-0.2, 0) is 11.3 Å². The Kier molecular flexibility index (Phi) is 7.11. The lowest BCUT2D eigenvalue weighted by Crippen LogP contribution is -2.44. The van der Waals surface area contributed by atoms with Gasteiger partial charge in [-0.2, -0.15) is 0 Å². The number of rotatable bonds is 8. The monoisotopic (exact) mass is 399 g/mol. The van der Waals surface area contributed by atoms with Crippen LogP contribution in [0.25, 0.3) is 0 Å². The van der Waals surface area contributed by atoms with E-state index in [9.17, 15) is 9.59 Å². The Morgan fingerprint density at radius 1 is 1.03 bits per heavy atom. The van der Waals surface area contributed by atoms with E-state index in [1.165, 1.54) is 4.90 Å². The van der Waals surface area contributed by atoms with Gasteiger partial charge in [-0.15, -0.1) is 6.58 Å². The van der Waals surface area contributed by atoms with Gasteiger partial charge in [-0.3, -0.25) is 14.6 Å². The van der Waals surface area contributed by atoms with E-state index in [2.05, 4.69) is 16.9 Å². The molecule has 5 nitrogen and oxygen atoms in total. The third kappa shape index (κ3) is 5.00. The number of hydrogen-bond donors (Lipinski definition) is 1. The number of aryl methyl sites for hydroxylation is 1. The predicted octanol–water partition coefficient (Wildman–Crippen LogP) is 4.08. The fourth-order valence-corrected chi connectivity index (χ4v) is 3.31. The van der Waals surface area contributed by atoms with Crippen LogP contribution in [0.15, 0.2) is 91.6 Å². The highest BCUT2D eigenvalue weighted by atomic mass is 16.2. The Hall–Kier alpha value is -3.73. The minimum Gasteiger partial charge on any atom is -0.350 e. The van der Waals surface area contributed by atoms with Gasteiger partial charge in [0.2, 0.25) is 5.91 Å². The molecule has 30 heavy (non-hydrogen) atoms. The zero-order valence-electron chi connectivity index (χ0n) is 17.0. The first kappa shape index (κ1) is 21.0. The van der Waals surface area contributed by atoms with Gasteiger partial charge in [0, 0.05) is 19.3 Å². The quantitative estimate of drug-likeness (QED) is 0.581. The number of amides is 2. The van der Waals surface area contributed by atoms with Gasteiger partial charge in [-0.25, -0.2) is 0 Å². The minimum absolute atomic E-state index is 0.215. The molecule has 0 fully saturated rings. The van der Waals surface area contributed by atoms with E-state index in [1.54, 1.807) is 30.5 Å². The second-order valence-electron chi connectivity index (χ2n) is 6.92. The van der Waals surface area contributed by atoms with Crippen LogP contribution < -0.4 is 5.32 Å². The van der Waals surface area contributed by atoms with Crippen LogP contribution in [0.4, 0.5) is 0 Å². The summed E-state index contributed by atoms with van der Waals surface area (Å²) in [5.41, 5.74) is 2.98. The highest BCUT2D eigenvalue weighted by molar-refractivity contribution is 5.96. The van der Waals surface area contributed by atoms with Crippen molar-refractivity contribution >= 4 is 11.8 Å². The predicted molar refractivity (Wildman–Crippen MR) is 118 cm³/mol. The summed E-state index contributed by atoms with van der Waals surface area (Å²) in [7, 11) is 0. The standard InChI is InChI=1S/C25H25N3O2/c1-3-17-28(25(30)22-15-9-10-16-26-22)23(21-14-8-7-11-19(21)2)24(29)27-18-20-12-5-4-6-13-20/h3-16,23H,1,17-18H2,2H3,(H,27,29)/t23-/m1/s1. The summed E-state index contributed by atoms with van der Waals surface area (Å²) in [6.45, 7) is 6.31. The van der Waals surface area contributed by atoms with Crippen molar-refractivity contribution in [1.29, 1.82) is 0 Å². The highest BCUT2D eigenvalue weighted by Crippen LogP contribution is 2.26. The molecule has 1 atom stereocenters. The molecule has 5 heteroatoms. The molecule has 3 rings (SSSR count). The summed E-state index contributed by atoms with van der Waals surface area (Å²) in [6, 6.07) is 21.6. The second kappa shape index (κ2) is 10.2. The average Bonchev–Trinajstić information content (AvgIpc) is 2.79. The van der Waals surface area contributed by atoms with Crippen molar-refractivity contribution in [2.45, 2.75) is 19.5 Å². The van der Waals surface area contributed by atoms with Crippen molar-refractivity contribution in [1.82, 2.24) is 15.2 Å². The molecule has 2 aromatic carbocycles. The molecule has 0 unspecified atom stereocenters. The largest absolute Gasteiger partial charge is 0.350 e. The van der Waals surface area contributed by atoms with Gasteiger partial charge in [-0.05, 0) is 35.7 Å². The third-order valence-electron chi connectivity index (χ3n) is 4.82. The molecule has 3 aromatic rings. The maximum absolute atomic E-state index is 13.4. The molecule has 0 aliphatic heterocycles. The molecule has 2 amide bonds. The number of aromatic nitrogens is 1. The van der Waals surface area contributed by atoms with Crippen LogP contribution in [0, 0.1) is 6.92 Å². The minimum atomic E-state index is -0.803. The second-order valence-corrected chi connectivity index (χ2v) is 6.92. The van der Waals surface area contributed by atoms with E-state index in [4.69, 9.17) is 0 Å². The van der Waals surface area contributed by atoms with Gasteiger partial charge in [-0.1, -0.05) is 66.7 Å². The van der Waals surface area contributed by atoms with E-state index in [1.807, 2.05) is 61.5 Å². The van der Waals surface area contributed by atoms with Gasteiger partial charge in [0.05, 0.1) is 0 Å². The Balaban J connectivity index is 1.96. The first-order valence-electron chi connectivity index (χ1n) is 9.82. The lowest BCUT2D eigenvalue weighted by molar-refractivity contribution is -0.126. The van der Waals surface area contributed by atoms with Crippen molar-refractivity contribution in [2.24, 2.45) is 0 Å². The van der Waals surface area contributed by atoms with Gasteiger partial charge in [0.25, 0.3) is 5.91 Å². The van der Waals surface area contributed by atoms with Gasteiger partial charge in [0.15, 0.2) is 0 Å². The number of benzene rings is 2. The number of nitrogens with one attached hydrogen (secondary N) is 1. The topological polar surface area (TPSA) is 62.3 Å².